The van der Waals surface area contributed by atoms with Crippen LogP contribution >= 0.6 is 0 Å². The quantitative estimate of drug-likeness (QED) is 0.895. The second kappa shape index (κ2) is 8.47. The van der Waals surface area contributed by atoms with Crippen LogP contribution in [0.15, 0.2) is 48.8 Å². The van der Waals surface area contributed by atoms with E-state index in [0.29, 0.717) is 43.8 Å². The van der Waals surface area contributed by atoms with Gasteiger partial charge in [-0.15, -0.1) is 0 Å². The van der Waals surface area contributed by atoms with Gasteiger partial charge in [-0.25, -0.2) is 0 Å². The summed E-state index contributed by atoms with van der Waals surface area (Å²) in [6, 6.07) is 10.9. The highest BCUT2D eigenvalue weighted by Crippen LogP contribution is 2.21. The van der Waals surface area contributed by atoms with Gasteiger partial charge in [0.2, 0.25) is 5.91 Å². The molecule has 1 aromatic carbocycles. The van der Waals surface area contributed by atoms with E-state index in [2.05, 4.69) is 10.3 Å². The summed E-state index contributed by atoms with van der Waals surface area (Å²) in [5, 5.41) is 2.96. The number of methoxy groups -OCH3 is 1. The minimum Gasteiger partial charge on any atom is -0.497 e. The summed E-state index contributed by atoms with van der Waals surface area (Å²) in [7, 11) is 1.58. The van der Waals surface area contributed by atoms with Crippen LogP contribution in [0.1, 0.15) is 28.8 Å². The molecule has 6 nitrogen and oxygen atoms in total. The van der Waals surface area contributed by atoms with E-state index in [1.807, 2.05) is 24.3 Å². The van der Waals surface area contributed by atoms with Crippen molar-refractivity contribution in [3.05, 3.63) is 59.9 Å². The van der Waals surface area contributed by atoms with Gasteiger partial charge in [0.1, 0.15) is 5.75 Å². The zero-order valence-corrected chi connectivity index (χ0v) is 14.9. The first-order valence-electron chi connectivity index (χ1n) is 8.77. The van der Waals surface area contributed by atoms with Crippen LogP contribution in [-0.4, -0.2) is 41.9 Å². The molecule has 3 rings (SSSR count). The molecule has 0 saturated carbocycles. The number of piperidine rings is 1. The molecular weight excluding hydrogens is 330 g/mol. The SMILES string of the molecule is COc1cccc(C(=O)N2CCC(C(=O)NCc3cccnc3)CC2)c1. The maximum absolute atomic E-state index is 12.6. The molecule has 0 atom stereocenters. The van der Waals surface area contributed by atoms with E-state index in [-0.39, 0.29) is 17.7 Å². The number of ether oxygens (including phenoxy) is 1. The van der Waals surface area contributed by atoms with Crippen molar-refractivity contribution in [3.8, 4) is 5.75 Å². The Labute approximate surface area is 153 Å². The van der Waals surface area contributed by atoms with Gasteiger partial charge >= 0.3 is 0 Å². The van der Waals surface area contributed by atoms with Crippen molar-refractivity contribution in [2.75, 3.05) is 20.2 Å². The fourth-order valence-corrected chi connectivity index (χ4v) is 3.12. The van der Waals surface area contributed by atoms with Crippen LogP contribution < -0.4 is 10.1 Å². The summed E-state index contributed by atoms with van der Waals surface area (Å²) < 4.78 is 5.18. The second-order valence-electron chi connectivity index (χ2n) is 6.38. The Morgan fingerprint density at radius 1 is 1.23 bits per heavy atom. The predicted octanol–water partition coefficient (Wildman–Crippen LogP) is 2.26. The number of benzene rings is 1. The number of aromatic nitrogens is 1. The van der Waals surface area contributed by atoms with Crippen LogP contribution in [0, 0.1) is 5.92 Å². The van der Waals surface area contributed by atoms with Gasteiger partial charge in [-0.3, -0.25) is 14.6 Å². The monoisotopic (exact) mass is 353 g/mol. The Bertz CT molecular complexity index is 756. The fourth-order valence-electron chi connectivity index (χ4n) is 3.12. The Kier molecular flexibility index (Phi) is 5.84. The van der Waals surface area contributed by atoms with Crippen LogP contribution in [-0.2, 0) is 11.3 Å². The fraction of sp³-hybridized carbons (Fsp3) is 0.350. The highest BCUT2D eigenvalue weighted by Gasteiger charge is 2.27. The molecule has 26 heavy (non-hydrogen) atoms. The Balaban J connectivity index is 1.50. The van der Waals surface area contributed by atoms with Gasteiger partial charge in [-0.2, -0.15) is 0 Å². The molecule has 1 aliphatic heterocycles. The van der Waals surface area contributed by atoms with Gasteiger partial charge in [-0.05, 0) is 42.7 Å². The van der Waals surface area contributed by atoms with E-state index >= 15 is 0 Å². The summed E-state index contributed by atoms with van der Waals surface area (Å²) in [6.45, 7) is 1.65. The third kappa shape index (κ3) is 4.39. The van der Waals surface area contributed by atoms with Gasteiger partial charge in [0.25, 0.3) is 5.91 Å². The Morgan fingerprint density at radius 2 is 2.04 bits per heavy atom. The smallest absolute Gasteiger partial charge is 0.253 e. The highest BCUT2D eigenvalue weighted by molar-refractivity contribution is 5.94. The van der Waals surface area contributed by atoms with Crippen LogP contribution in [0.4, 0.5) is 0 Å². The molecule has 0 spiro atoms. The second-order valence-corrected chi connectivity index (χ2v) is 6.38. The Hall–Kier alpha value is -2.89. The van der Waals surface area contributed by atoms with Crippen molar-refractivity contribution in [3.63, 3.8) is 0 Å². The number of hydrogen-bond donors (Lipinski definition) is 1. The van der Waals surface area contributed by atoms with Crippen LogP contribution in [0.5, 0.6) is 5.75 Å². The first-order valence-corrected chi connectivity index (χ1v) is 8.77. The summed E-state index contributed by atoms with van der Waals surface area (Å²) in [5.41, 5.74) is 1.59. The molecule has 0 aliphatic carbocycles. The first-order chi connectivity index (χ1) is 12.7. The summed E-state index contributed by atoms with van der Waals surface area (Å²) in [6.07, 6.45) is 4.80. The lowest BCUT2D eigenvalue weighted by Crippen LogP contribution is -2.42. The largest absolute Gasteiger partial charge is 0.497 e. The molecule has 2 heterocycles. The van der Waals surface area contributed by atoms with E-state index in [4.69, 9.17) is 4.74 Å². The molecule has 1 aromatic heterocycles. The van der Waals surface area contributed by atoms with E-state index in [1.165, 1.54) is 0 Å². The molecule has 0 unspecified atom stereocenters. The average Bonchev–Trinajstić information content (AvgIpc) is 2.72. The lowest BCUT2D eigenvalue weighted by molar-refractivity contribution is -0.126. The van der Waals surface area contributed by atoms with Crippen molar-refractivity contribution >= 4 is 11.8 Å². The van der Waals surface area contributed by atoms with E-state index in [1.54, 1.807) is 36.5 Å². The molecule has 1 fully saturated rings. The molecule has 0 bridgehead atoms. The van der Waals surface area contributed by atoms with Crippen molar-refractivity contribution in [2.24, 2.45) is 5.92 Å². The maximum atomic E-state index is 12.6. The summed E-state index contributed by atoms with van der Waals surface area (Å²) >= 11 is 0. The first kappa shape index (κ1) is 17.9. The van der Waals surface area contributed by atoms with Crippen molar-refractivity contribution in [1.29, 1.82) is 0 Å². The molecular formula is C20H23N3O3. The molecule has 136 valence electrons. The molecule has 0 radical (unpaired) electrons. The van der Waals surface area contributed by atoms with Crippen molar-refractivity contribution in [1.82, 2.24) is 15.2 Å². The molecule has 1 aliphatic rings. The van der Waals surface area contributed by atoms with E-state index < -0.39 is 0 Å². The minimum atomic E-state index is -0.0546. The molecule has 1 N–H and O–H groups in total. The standard InChI is InChI=1S/C20H23N3O3/c1-26-18-6-2-5-17(12-18)20(25)23-10-7-16(8-11-23)19(24)22-14-15-4-3-9-21-13-15/h2-6,9,12-13,16H,7-8,10-11,14H2,1H3,(H,22,24). The summed E-state index contributed by atoms with van der Waals surface area (Å²) in [5.74, 6) is 0.641. The van der Waals surface area contributed by atoms with Gasteiger partial charge in [0.15, 0.2) is 0 Å². The third-order valence-corrected chi connectivity index (χ3v) is 4.66. The van der Waals surface area contributed by atoms with E-state index in [9.17, 15) is 9.59 Å². The molecule has 6 heteroatoms. The number of amides is 2. The Morgan fingerprint density at radius 3 is 2.73 bits per heavy atom. The van der Waals surface area contributed by atoms with Gasteiger partial charge in [0, 0.05) is 43.5 Å². The number of hydrogen-bond acceptors (Lipinski definition) is 4. The van der Waals surface area contributed by atoms with Crippen LogP contribution in [0.2, 0.25) is 0 Å². The molecule has 2 amide bonds. The zero-order chi connectivity index (χ0) is 18.4. The molecule has 1 saturated heterocycles. The summed E-state index contributed by atoms with van der Waals surface area (Å²) in [4.78, 5) is 30.8. The number of likely N-dealkylation sites (tertiary alicyclic amines) is 1. The van der Waals surface area contributed by atoms with E-state index in [0.717, 1.165) is 5.56 Å². The third-order valence-electron chi connectivity index (χ3n) is 4.66. The molecule has 2 aromatic rings. The van der Waals surface area contributed by atoms with Gasteiger partial charge in [0.05, 0.1) is 7.11 Å². The number of carbonyl (C=O) groups excluding carboxylic acids is 2. The van der Waals surface area contributed by atoms with Crippen molar-refractivity contribution < 1.29 is 14.3 Å². The van der Waals surface area contributed by atoms with Gasteiger partial charge in [-0.1, -0.05) is 12.1 Å². The lowest BCUT2D eigenvalue weighted by atomic mass is 9.95. The highest BCUT2D eigenvalue weighted by atomic mass is 16.5. The predicted molar refractivity (Wildman–Crippen MR) is 97.7 cm³/mol. The number of rotatable bonds is 5. The number of pyridine rings is 1. The lowest BCUT2D eigenvalue weighted by Gasteiger charge is -2.31. The van der Waals surface area contributed by atoms with Crippen LogP contribution in [0.25, 0.3) is 0 Å². The van der Waals surface area contributed by atoms with Crippen LogP contribution in [0.3, 0.4) is 0 Å². The number of carbonyl (C=O) groups is 2. The topological polar surface area (TPSA) is 71.5 Å². The van der Waals surface area contributed by atoms with Crippen molar-refractivity contribution in [2.45, 2.75) is 19.4 Å². The number of nitrogens with zero attached hydrogens (tertiary/aromatic N) is 2. The minimum absolute atomic E-state index is 0.0156. The maximum Gasteiger partial charge on any atom is 0.253 e. The average molecular weight is 353 g/mol. The number of nitrogens with one attached hydrogen (secondary N) is 1. The normalized spacial score (nSPS) is 14.7. The van der Waals surface area contributed by atoms with Gasteiger partial charge < -0.3 is 15.0 Å². The zero-order valence-electron chi connectivity index (χ0n) is 14.9.